The van der Waals surface area contributed by atoms with Gasteiger partial charge in [0.1, 0.15) is 12.0 Å². The van der Waals surface area contributed by atoms with Crippen molar-refractivity contribution in [3.63, 3.8) is 0 Å². The number of rotatable bonds is 7. The SMILES string of the molecule is Cc1cc(F)ccc1S(=O)(=O)N1CCCO[C@@H]1CNC(=O)C(=O)NCCN1CCOCC1. The molecule has 2 amide bonds. The molecular formula is C20H29FN4O6S. The Kier molecular flexibility index (Phi) is 8.54. The number of carbonyl (C=O) groups is 2. The number of hydrogen-bond acceptors (Lipinski definition) is 7. The van der Waals surface area contributed by atoms with Crippen LogP contribution in [0.2, 0.25) is 0 Å². The van der Waals surface area contributed by atoms with Gasteiger partial charge in [-0.15, -0.1) is 0 Å². The second-order valence-corrected chi connectivity index (χ2v) is 9.48. The summed E-state index contributed by atoms with van der Waals surface area (Å²) in [5.74, 6) is -2.19. The van der Waals surface area contributed by atoms with Gasteiger partial charge < -0.3 is 20.1 Å². The highest BCUT2D eigenvalue weighted by atomic mass is 32.2. The largest absolute Gasteiger partial charge is 0.379 e. The highest BCUT2D eigenvalue weighted by Crippen LogP contribution is 2.25. The lowest BCUT2D eigenvalue weighted by molar-refractivity contribution is -0.140. The van der Waals surface area contributed by atoms with E-state index in [2.05, 4.69) is 15.5 Å². The molecule has 0 aromatic heterocycles. The number of benzene rings is 1. The van der Waals surface area contributed by atoms with E-state index in [1.807, 2.05) is 0 Å². The van der Waals surface area contributed by atoms with Crippen LogP contribution in [0.1, 0.15) is 12.0 Å². The Morgan fingerprint density at radius 2 is 1.84 bits per heavy atom. The molecular weight excluding hydrogens is 443 g/mol. The summed E-state index contributed by atoms with van der Waals surface area (Å²) in [6, 6.07) is 3.45. The fraction of sp³-hybridized carbons (Fsp3) is 0.600. The molecule has 0 saturated carbocycles. The van der Waals surface area contributed by atoms with Gasteiger partial charge in [0, 0.05) is 32.7 Å². The summed E-state index contributed by atoms with van der Waals surface area (Å²) >= 11 is 0. The van der Waals surface area contributed by atoms with Crippen LogP contribution in [0.5, 0.6) is 0 Å². The van der Waals surface area contributed by atoms with E-state index in [0.29, 0.717) is 39.3 Å². The normalized spacial score (nSPS) is 20.6. The van der Waals surface area contributed by atoms with Crippen molar-refractivity contribution in [3.8, 4) is 0 Å². The van der Waals surface area contributed by atoms with E-state index >= 15 is 0 Å². The summed E-state index contributed by atoms with van der Waals surface area (Å²) < 4.78 is 51.6. The zero-order valence-corrected chi connectivity index (χ0v) is 18.8. The van der Waals surface area contributed by atoms with E-state index in [9.17, 15) is 22.4 Å². The molecule has 2 saturated heterocycles. The third kappa shape index (κ3) is 6.23. The molecule has 1 aromatic carbocycles. The van der Waals surface area contributed by atoms with Gasteiger partial charge in [-0.05, 0) is 37.1 Å². The van der Waals surface area contributed by atoms with E-state index in [1.54, 1.807) is 0 Å². The van der Waals surface area contributed by atoms with Crippen molar-refractivity contribution in [2.24, 2.45) is 0 Å². The number of morpholine rings is 1. The minimum Gasteiger partial charge on any atom is -0.379 e. The number of hydrogen-bond donors (Lipinski definition) is 2. The molecule has 12 heteroatoms. The Labute approximate surface area is 187 Å². The van der Waals surface area contributed by atoms with Crippen molar-refractivity contribution in [3.05, 3.63) is 29.6 Å². The zero-order chi connectivity index (χ0) is 23.1. The molecule has 0 radical (unpaired) electrons. The standard InChI is InChI=1S/C20H29FN4O6S/c1-15-13-16(21)3-4-17(15)32(28,29)25-6-2-10-31-18(25)14-23-20(27)19(26)22-5-7-24-8-11-30-12-9-24/h3-4,13,18H,2,5-12,14H2,1H3,(H,22,26)(H,23,27)/t18-/m1/s1. The molecule has 2 fully saturated rings. The van der Waals surface area contributed by atoms with E-state index in [1.165, 1.54) is 13.0 Å². The smallest absolute Gasteiger partial charge is 0.309 e. The van der Waals surface area contributed by atoms with Crippen LogP contribution in [-0.4, -0.2) is 94.8 Å². The van der Waals surface area contributed by atoms with Crippen molar-refractivity contribution in [1.82, 2.24) is 19.8 Å². The third-order valence-corrected chi connectivity index (χ3v) is 7.39. The first-order valence-corrected chi connectivity index (χ1v) is 12.0. The van der Waals surface area contributed by atoms with Crippen LogP contribution < -0.4 is 10.6 Å². The van der Waals surface area contributed by atoms with Crippen LogP contribution in [0.4, 0.5) is 4.39 Å². The average molecular weight is 473 g/mol. The minimum atomic E-state index is -3.98. The maximum Gasteiger partial charge on any atom is 0.309 e. The zero-order valence-electron chi connectivity index (χ0n) is 18.0. The van der Waals surface area contributed by atoms with Crippen LogP contribution in [-0.2, 0) is 29.1 Å². The number of halogens is 1. The van der Waals surface area contributed by atoms with Gasteiger partial charge >= 0.3 is 11.8 Å². The van der Waals surface area contributed by atoms with E-state index < -0.39 is 33.9 Å². The first kappa shape index (κ1) is 24.5. The van der Waals surface area contributed by atoms with Gasteiger partial charge in [-0.2, -0.15) is 4.31 Å². The summed E-state index contributed by atoms with van der Waals surface area (Å²) in [5.41, 5.74) is 0.276. The number of aryl methyl sites for hydroxylation is 1. The predicted octanol–water partition coefficient (Wildman–Crippen LogP) is -0.564. The highest BCUT2D eigenvalue weighted by Gasteiger charge is 2.35. The summed E-state index contributed by atoms with van der Waals surface area (Å²) in [4.78, 5) is 26.3. The molecule has 1 atom stereocenters. The van der Waals surface area contributed by atoms with Gasteiger partial charge in [0.15, 0.2) is 0 Å². The van der Waals surface area contributed by atoms with Crippen LogP contribution >= 0.6 is 0 Å². The van der Waals surface area contributed by atoms with Gasteiger partial charge in [0.2, 0.25) is 10.0 Å². The summed E-state index contributed by atoms with van der Waals surface area (Å²) in [6.45, 7) is 5.60. The van der Waals surface area contributed by atoms with Crippen LogP contribution in [0, 0.1) is 12.7 Å². The van der Waals surface area contributed by atoms with Gasteiger partial charge in [-0.1, -0.05) is 0 Å². The molecule has 0 unspecified atom stereocenters. The third-order valence-electron chi connectivity index (χ3n) is 5.34. The first-order chi connectivity index (χ1) is 15.3. The molecule has 1 aromatic rings. The molecule has 2 aliphatic rings. The maximum atomic E-state index is 13.4. The monoisotopic (exact) mass is 472 g/mol. The minimum absolute atomic E-state index is 0.0263. The lowest BCUT2D eigenvalue weighted by Gasteiger charge is -2.34. The number of sulfonamides is 1. The Morgan fingerprint density at radius 1 is 1.12 bits per heavy atom. The molecule has 10 nitrogen and oxygen atoms in total. The maximum absolute atomic E-state index is 13.4. The van der Waals surface area contributed by atoms with Gasteiger partial charge in [0.05, 0.1) is 31.3 Å². The van der Waals surface area contributed by atoms with E-state index in [4.69, 9.17) is 9.47 Å². The number of ether oxygens (including phenoxy) is 2. The fourth-order valence-electron chi connectivity index (χ4n) is 3.62. The second-order valence-electron chi connectivity index (χ2n) is 7.62. The van der Waals surface area contributed by atoms with Gasteiger partial charge in [-0.3, -0.25) is 14.5 Å². The van der Waals surface area contributed by atoms with Crippen molar-refractivity contribution < 1.29 is 31.9 Å². The first-order valence-electron chi connectivity index (χ1n) is 10.5. The second kappa shape index (κ2) is 11.1. The Bertz CT molecular complexity index is 923. The quantitative estimate of drug-likeness (QED) is 0.511. The van der Waals surface area contributed by atoms with Crippen molar-refractivity contribution >= 4 is 21.8 Å². The van der Waals surface area contributed by atoms with E-state index in [-0.39, 0.29) is 23.5 Å². The molecule has 0 bridgehead atoms. The molecule has 0 aliphatic carbocycles. The van der Waals surface area contributed by atoms with E-state index in [0.717, 1.165) is 29.5 Å². The van der Waals surface area contributed by atoms with Crippen LogP contribution in [0.3, 0.4) is 0 Å². The summed E-state index contributed by atoms with van der Waals surface area (Å²) in [6.07, 6.45) is -0.491. The number of nitrogens with one attached hydrogen (secondary N) is 2. The molecule has 32 heavy (non-hydrogen) atoms. The van der Waals surface area contributed by atoms with Crippen molar-refractivity contribution in [1.29, 1.82) is 0 Å². The fourth-order valence-corrected chi connectivity index (χ4v) is 5.40. The Hall–Kier alpha value is -2.12. The number of amides is 2. The number of nitrogens with zero attached hydrogens (tertiary/aromatic N) is 2. The molecule has 0 spiro atoms. The van der Waals surface area contributed by atoms with Gasteiger partial charge in [0.25, 0.3) is 0 Å². The predicted molar refractivity (Wildman–Crippen MR) is 113 cm³/mol. The van der Waals surface area contributed by atoms with Crippen molar-refractivity contribution in [2.75, 3.05) is 59.1 Å². The Morgan fingerprint density at radius 3 is 2.56 bits per heavy atom. The summed E-state index contributed by atoms with van der Waals surface area (Å²) in [5, 5.41) is 5.00. The molecule has 2 heterocycles. The molecule has 2 N–H and O–H groups in total. The Balaban J connectivity index is 1.54. The van der Waals surface area contributed by atoms with Crippen molar-refractivity contribution in [2.45, 2.75) is 24.5 Å². The lowest BCUT2D eigenvalue weighted by Crippen LogP contribution is -2.53. The topological polar surface area (TPSA) is 117 Å². The van der Waals surface area contributed by atoms with Gasteiger partial charge in [-0.25, -0.2) is 12.8 Å². The molecule has 178 valence electrons. The molecule has 3 rings (SSSR count). The highest BCUT2D eigenvalue weighted by molar-refractivity contribution is 7.89. The average Bonchev–Trinajstić information content (AvgIpc) is 2.78. The summed E-state index contributed by atoms with van der Waals surface area (Å²) in [7, 11) is -3.98. The molecule has 2 aliphatic heterocycles. The van der Waals surface area contributed by atoms with Crippen LogP contribution in [0.15, 0.2) is 23.1 Å². The van der Waals surface area contributed by atoms with Crippen LogP contribution in [0.25, 0.3) is 0 Å². The number of carbonyl (C=O) groups excluding carboxylic acids is 2. The lowest BCUT2D eigenvalue weighted by atomic mass is 10.2.